The highest BCUT2D eigenvalue weighted by atomic mass is 16.5. The number of urea groups is 1. The number of hydrogen-bond acceptors (Lipinski definition) is 4. The number of carbonyl (C=O) groups is 1. The van der Waals surface area contributed by atoms with Gasteiger partial charge in [-0.25, -0.2) is 4.79 Å². The van der Waals surface area contributed by atoms with Gasteiger partial charge < -0.3 is 14.3 Å². The smallest absolute Gasteiger partial charge is 0.319 e. The van der Waals surface area contributed by atoms with Gasteiger partial charge in [-0.05, 0) is 12.8 Å². The number of carbonyl (C=O) groups excluding carboxylic acids is 1. The summed E-state index contributed by atoms with van der Waals surface area (Å²) in [5, 5.41) is 4.07. The topological polar surface area (TPSA) is 62.5 Å². The van der Waals surface area contributed by atoms with Crippen molar-refractivity contribution in [2.75, 3.05) is 27.2 Å². The highest BCUT2D eigenvalue weighted by Crippen LogP contribution is 2.27. The molecule has 22 heavy (non-hydrogen) atoms. The van der Waals surface area contributed by atoms with E-state index in [9.17, 15) is 4.79 Å². The largest absolute Gasteiger partial charge is 0.339 e. The lowest BCUT2D eigenvalue weighted by Crippen LogP contribution is -2.44. The molecule has 1 aliphatic rings. The number of nitrogens with zero attached hydrogens (tertiary/aromatic N) is 4. The van der Waals surface area contributed by atoms with Gasteiger partial charge in [0, 0.05) is 32.7 Å². The summed E-state index contributed by atoms with van der Waals surface area (Å²) in [5.74, 6) is 1.34. The summed E-state index contributed by atoms with van der Waals surface area (Å²) in [4.78, 5) is 20.1. The molecular formula is C16H20N4O2. The third kappa shape index (κ3) is 2.95. The molecule has 0 bridgehead atoms. The molecule has 2 aromatic rings. The van der Waals surface area contributed by atoms with Crippen molar-refractivity contribution in [3.05, 3.63) is 36.2 Å². The summed E-state index contributed by atoms with van der Waals surface area (Å²) < 4.78 is 5.43. The molecule has 0 radical (unpaired) electrons. The van der Waals surface area contributed by atoms with Crippen LogP contribution in [0.15, 0.2) is 34.9 Å². The summed E-state index contributed by atoms with van der Waals surface area (Å²) in [6.45, 7) is 1.42. The van der Waals surface area contributed by atoms with E-state index >= 15 is 0 Å². The van der Waals surface area contributed by atoms with Crippen molar-refractivity contribution in [2.45, 2.75) is 18.8 Å². The standard InChI is InChI=1S/C16H20N4O2/c1-19(2)16(21)20-10-6-9-13(11-20)15-17-14(18-22-15)12-7-4-3-5-8-12/h3-5,7-8,13H,6,9-11H2,1-2H3. The molecule has 1 aromatic heterocycles. The molecule has 1 aliphatic heterocycles. The number of likely N-dealkylation sites (tertiary alicyclic amines) is 1. The molecule has 0 N–H and O–H groups in total. The number of amides is 2. The summed E-state index contributed by atoms with van der Waals surface area (Å²) in [6.07, 6.45) is 1.92. The van der Waals surface area contributed by atoms with Gasteiger partial charge in [0.2, 0.25) is 11.7 Å². The second kappa shape index (κ2) is 6.17. The SMILES string of the molecule is CN(C)C(=O)N1CCCC(c2nc(-c3ccccc3)no2)C1. The van der Waals surface area contributed by atoms with E-state index in [2.05, 4.69) is 10.1 Å². The van der Waals surface area contributed by atoms with Gasteiger partial charge >= 0.3 is 6.03 Å². The minimum atomic E-state index is 0.0347. The Morgan fingerprint density at radius 2 is 2.09 bits per heavy atom. The Morgan fingerprint density at radius 1 is 1.32 bits per heavy atom. The number of rotatable bonds is 2. The van der Waals surface area contributed by atoms with Crippen molar-refractivity contribution in [3.8, 4) is 11.4 Å². The van der Waals surface area contributed by atoms with Crippen LogP contribution in [0.3, 0.4) is 0 Å². The molecule has 0 saturated carbocycles. The van der Waals surface area contributed by atoms with E-state index in [1.165, 1.54) is 0 Å². The molecule has 1 saturated heterocycles. The molecule has 2 heterocycles. The molecule has 6 nitrogen and oxygen atoms in total. The van der Waals surface area contributed by atoms with Gasteiger partial charge in [-0.1, -0.05) is 35.5 Å². The van der Waals surface area contributed by atoms with E-state index in [-0.39, 0.29) is 11.9 Å². The minimum absolute atomic E-state index is 0.0347. The normalized spacial score (nSPS) is 18.3. The average molecular weight is 300 g/mol. The summed E-state index contributed by atoms with van der Waals surface area (Å²) in [5.41, 5.74) is 0.939. The predicted molar refractivity (Wildman–Crippen MR) is 82.4 cm³/mol. The first-order valence-corrected chi connectivity index (χ1v) is 7.50. The van der Waals surface area contributed by atoms with Crippen molar-refractivity contribution >= 4 is 6.03 Å². The Morgan fingerprint density at radius 3 is 2.82 bits per heavy atom. The van der Waals surface area contributed by atoms with Crippen LogP contribution in [0.25, 0.3) is 11.4 Å². The van der Waals surface area contributed by atoms with Crippen molar-refractivity contribution in [3.63, 3.8) is 0 Å². The summed E-state index contributed by atoms with van der Waals surface area (Å²) in [7, 11) is 3.54. The van der Waals surface area contributed by atoms with E-state index in [1.807, 2.05) is 35.2 Å². The summed E-state index contributed by atoms with van der Waals surface area (Å²) in [6, 6.07) is 9.80. The van der Waals surface area contributed by atoms with Gasteiger partial charge in [0.25, 0.3) is 0 Å². The van der Waals surface area contributed by atoms with E-state index in [0.717, 1.165) is 24.9 Å². The van der Waals surface area contributed by atoms with E-state index in [4.69, 9.17) is 4.52 Å². The van der Waals surface area contributed by atoms with E-state index in [0.29, 0.717) is 18.3 Å². The lowest BCUT2D eigenvalue weighted by atomic mass is 9.98. The predicted octanol–water partition coefficient (Wildman–Crippen LogP) is 2.60. The Labute approximate surface area is 129 Å². The summed E-state index contributed by atoms with van der Waals surface area (Å²) >= 11 is 0. The third-order valence-electron chi connectivity index (χ3n) is 3.90. The van der Waals surface area contributed by atoms with Crippen LogP contribution in [-0.2, 0) is 0 Å². The van der Waals surface area contributed by atoms with E-state index in [1.54, 1.807) is 19.0 Å². The molecule has 116 valence electrons. The zero-order chi connectivity index (χ0) is 15.5. The molecule has 1 fully saturated rings. The molecule has 0 spiro atoms. The highest BCUT2D eigenvalue weighted by Gasteiger charge is 2.29. The fourth-order valence-corrected chi connectivity index (χ4v) is 2.74. The minimum Gasteiger partial charge on any atom is -0.339 e. The van der Waals surface area contributed by atoms with Gasteiger partial charge in [-0.3, -0.25) is 0 Å². The van der Waals surface area contributed by atoms with Crippen LogP contribution in [0.4, 0.5) is 4.79 Å². The van der Waals surface area contributed by atoms with Gasteiger partial charge in [-0.15, -0.1) is 0 Å². The van der Waals surface area contributed by atoms with Gasteiger partial charge in [-0.2, -0.15) is 4.98 Å². The molecule has 2 amide bonds. The zero-order valence-electron chi connectivity index (χ0n) is 12.9. The highest BCUT2D eigenvalue weighted by molar-refractivity contribution is 5.74. The molecule has 1 aromatic carbocycles. The fourth-order valence-electron chi connectivity index (χ4n) is 2.74. The maximum absolute atomic E-state index is 12.1. The van der Waals surface area contributed by atoms with Crippen molar-refractivity contribution in [1.82, 2.24) is 19.9 Å². The Balaban J connectivity index is 1.74. The number of benzene rings is 1. The quantitative estimate of drug-likeness (QED) is 0.855. The van der Waals surface area contributed by atoms with Crippen molar-refractivity contribution in [1.29, 1.82) is 0 Å². The maximum Gasteiger partial charge on any atom is 0.319 e. The second-order valence-corrected chi connectivity index (χ2v) is 5.78. The molecule has 6 heteroatoms. The van der Waals surface area contributed by atoms with Crippen molar-refractivity contribution < 1.29 is 9.32 Å². The van der Waals surface area contributed by atoms with Crippen LogP contribution in [0.2, 0.25) is 0 Å². The van der Waals surface area contributed by atoms with Gasteiger partial charge in [0.1, 0.15) is 0 Å². The second-order valence-electron chi connectivity index (χ2n) is 5.78. The Kier molecular flexibility index (Phi) is 4.09. The maximum atomic E-state index is 12.1. The Hall–Kier alpha value is -2.37. The Bertz CT molecular complexity index is 639. The number of piperidine rings is 1. The first-order chi connectivity index (χ1) is 10.6. The monoisotopic (exact) mass is 300 g/mol. The van der Waals surface area contributed by atoms with Crippen LogP contribution < -0.4 is 0 Å². The molecule has 1 unspecified atom stereocenters. The van der Waals surface area contributed by atoms with E-state index < -0.39 is 0 Å². The van der Waals surface area contributed by atoms with Crippen LogP contribution >= 0.6 is 0 Å². The molecule has 3 rings (SSSR count). The first kappa shape index (κ1) is 14.6. The van der Waals surface area contributed by atoms with Crippen LogP contribution in [0.1, 0.15) is 24.7 Å². The van der Waals surface area contributed by atoms with Crippen LogP contribution in [-0.4, -0.2) is 53.2 Å². The fraction of sp³-hybridized carbons (Fsp3) is 0.438. The molecular weight excluding hydrogens is 280 g/mol. The third-order valence-corrected chi connectivity index (χ3v) is 3.90. The number of aromatic nitrogens is 2. The molecule has 1 atom stereocenters. The first-order valence-electron chi connectivity index (χ1n) is 7.50. The van der Waals surface area contributed by atoms with Crippen LogP contribution in [0, 0.1) is 0 Å². The lowest BCUT2D eigenvalue weighted by Gasteiger charge is -2.32. The zero-order valence-corrected chi connectivity index (χ0v) is 12.9. The lowest BCUT2D eigenvalue weighted by molar-refractivity contribution is 0.149. The number of hydrogen-bond donors (Lipinski definition) is 0. The van der Waals surface area contributed by atoms with Crippen molar-refractivity contribution in [2.24, 2.45) is 0 Å². The van der Waals surface area contributed by atoms with Gasteiger partial charge in [0.15, 0.2) is 0 Å². The van der Waals surface area contributed by atoms with Crippen LogP contribution in [0.5, 0.6) is 0 Å². The average Bonchev–Trinajstić information content (AvgIpc) is 3.05. The van der Waals surface area contributed by atoms with Gasteiger partial charge in [0.05, 0.1) is 5.92 Å². The molecule has 0 aliphatic carbocycles.